The molecular weight excluding hydrogens is 392 g/mol. The molecule has 0 radical (unpaired) electrons. The summed E-state index contributed by atoms with van der Waals surface area (Å²) in [6.07, 6.45) is 0. The lowest BCUT2D eigenvalue weighted by molar-refractivity contribution is 0.472. The number of hydrogen-bond donors (Lipinski definition) is 2. The van der Waals surface area contributed by atoms with Crippen LogP contribution in [0.2, 0.25) is 5.02 Å². The minimum absolute atomic E-state index is 0.412. The molecule has 2 aromatic carbocycles. The Labute approximate surface area is 171 Å². The highest BCUT2D eigenvalue weighted by atomic mass is 35.5. The van der Waals surface area contributed by atoms with Gasteiger partial charge in [0.2, 0.25) is 0 Å². The summed E-state index contributed by atoms with van der Waals surface area (Å²) in [4.78, 5) is 8.07. The molecule has 0 spiro atoms. The zero-order valence-electron chi connectivity index (χ0n) is 15.3. The molecule has 28 heavy (non-hydrogen) atoms. The Morgan fingerprint density at radius 2 is 2.04 bits per heavy atom. The van der Waals surface area contributed by atoms with Crippen molar-refractivity contribution < 1.29 is 4.21 Å². The Hall–Kier alpha value is -2.15. The van der Waals surface area contributed by atoms with Crippen LogP contribution in [0.1, 0.15) is 5.56 Å². The number of fused-ring (bicyclic) bond motifs is 2. The van der Waals surface area contributed by atoms with Crippen LogP contribution in [0.15, 0.2) is 53.4 Å². The van der Waals surface area contributed by atoms with Crippen LogP contribution in [0.25, 0.3) is 10.9 Å². The van der Waals surface area contributed by atoms with Crippen LogP contribution in [0.3, 0.4) is 0 Å². The van der Waals surface area contributed by atoms with Crippen molar-refractivity contribution in [1.29, 1.82) is 0 Å². The number of nitrogens with zero attached hydrogens (tertiary/aromatic N) is 2. The summed E-state index contributed by atoms with van der Waals surface area (Å²) in [7, 11) is -0.975. The molecule has 3 aromatic rings. The summed E-state index contributed by atoms with van der Waals surface area (Å²) in [5.41, 5.74) is 3.07. The Kier molecular flexibility index (Phi) is 4.70. The standard InChI is InChI=1S/C21H21ClN4OS/c22-15-5-6-18-17(9-15)19(24-16-11-23-12-16)10-21(25-18)26-7-8-28(27)20-4-2-1-3-14(20)13-26/h1-6,9-10,16,23H,7-8,11-13H2,(H,24,25). The third-order valence-electron chi connectivity index (χ3n) is 5.35. The number of hydrogen-bond acceptors (Lipinski definition) is 5. The van der Waals surface area contributed by atoms with E-state index in [0.717, 1.165) is 46.0 Å². The van der Waals surface area contributed by atoms with Gasteiger partial charge in [0.25, 0.3) is 0 Å². The Balaban J connectivity index is 1.56. The van der Waals surface area contributed by atoms with E-state index in [1.54, 1.807) is 0 Å². The van der Waals surface area contributed by atoms with Crippen LogP contribution in [0.5, 0.6) is 0 Å². The van der Waals surface area contributed by atoms with Crippen molar-refractivity contribution in [3.63, 3.8) is 0 Å². The highest BCUT2D eigenvalue weighted by Crippen LogP contribution is 2.32. The SMILES string of the molecule is O=S1CCN(c2cc(NC3CNC3)c3cc(Cl)ccc3n2)Cc2ccccc21. The lowest BCUT2D eigenvalue weighted by Crippen LogP contribution is -2.51. The second-order valence-corrected chi connectivity index (χ2v) is 9.24. The van der Waals surface area contributed by atoms with Crippen molar-refractivity contribution in [2.75, 3.05) is 35.6 Å². The van der Waals surface area contributed by atoms with Crippen molar-refractivity contribution >= 4 is 44.8 Å². The van der Waals surface area contributed by atoms with Gasteiger partial charge >= 0.3 is 0 Å². The first-order chi connectivity index (χ1) is 13.7. The lowest BCUT2D eigenvalue weighted by Gasteiger charge is -2.30. The second kappa shape index (κ2) is 7.35. The molecule has 1 aromatic heterocycles. The van der Waals surface area contributed by atoms with Gasteiger partial charge < -0.3 is 15.5 Å². The molecular formula is C21H21ClN4OS. The van der Waals surface area contributed by atoms with Crippen molar-refractivity contribution in [2.24, 2.45) is 0 Å². The minimum atomic E-state index is -0.975. The van der Waals surface area contributed by atoms with E-state index in [-0.39, 0.29) is 0 Å². The summed E-state index contributed by atoms with van der Waals surface area (Å²) in [5, 5.41) is 8.65. The Morgan fingerprint density at radius 3 is 2.86 bits per heavy atom. The van der Waals surface area contributed by atoms with Crippen molar-refractivity contribution in [2.45, 2.75) is 17.5 Å². The number of benzene rings is 2. The molecule has 5 nitrogen and oxygen atoms in total. The first-order valence-corrected chi connectivity index (χ1v) is 11.2. The van der Waals surface area contributed by atoms with E-state index < -0.39 is 10.8 Å². The van der Waals surface area contributed by atoms with Crippen LogP contribution in [0.4, 0.5) is 11.5 Å². The van der Waals surface area contributed by atoms with Crippen LogP contribution < -0.4 is 15.5 Å². The molecule has 5 rings (SSSR count). The molecule has 2 aliphatic heterocycles. The average Bonchev–Trinajstić information content (AvgIpc) is 2.84. The molecule has 0 bridgehead atoms. The van der Waals surface area contributed by atoms with Gasteiger partial charge in [0.15, 0.2) is 0 Å². The van der Waals surface area contributed by atoms with Gasteiger partial charge in [0, 0.05) is 59.0 Å². The molecule has 1 saturated heterocycles. The van der Waals surface area contributed by atoms with E-state index in [1.165, 1.54) is 0 Å². The number of rotatable bonds is 3. The largest absolute Gasteiger partial charge is 0.379 e. The van der Waals surface area contributed by atoms with E-state index in [0.29, 0.717) is 29.9 Å². The minimum Gasteiger partial charge on any atom is -0.379 e. The quantitative estimate of drug-likeness (QED) is 0.690. The summed E-state index contributed by atoms with van der Waals surface area (Å²) in [6, 6.07) is 16.3. The van der Waals surface area contributed by atoms with Gasteiger partial charge in [-0.3, -0.25) is 4.21 Å². The van der Waals surface area contributed by atoms with Crippen molar-refractivity contribution in [1.82, 2.24) is 10.3 Å². The zero-order chi connectivity index (χ0) is 19.1. The molecule has 3 heterocycles. The molecule has 7 heteroatoms. The molecule has 1 unspecified atom stereocenters. The summed E-state index contributed by atoms with van der Waals surface area (Å²) in [6.45, 7) is 3.32. The smallest absolute Gasteiger partial charge is 0.131 e. The normalized spacial score (nSPS) is 19.8. The predicted molar refractivity (Wildman–Crippen MR) is 116 cm³/mol. The first kappa shape index (κ1) is 17.9. The third-order valence-corrected chi connectivity index (χ3v) is 7.03. The monoisotopic (exact) mass is 412 g/mol. The van der Waals surface area contributed by atoms with E-state index in [4.69, 9.17) is 16.6 Å². The molecule has 2 N–H and O–H groups in total. The van der Waals surface area contributed by atoms with Gasteiger partial charge in [-0.2, -0.15) is 0 Å². The second-order valence-electron chi connectivity index (χ2n) is 7.27. The fourth-order valence-corrected chi connectivity index (χ4v) is 5.15. The predicted octanol–water partition coefficient (Wildman–Crippen LogP) is 3.40. The maximum atomic E-state index is 12.6. The van der Waals surface area contributed by atoms with Crippen LogP contribution in [0, 0.1) is 0 Å². The van der Waals surface area contributed by atoms with Gasteiger partial charge in [-0.25, -0.2) is 4.98 Å². The summed E-state index contributed by atoms with van der Waals surface area (Å²) < 4.78 is 12.6. The highest BCUT2D eigenvalue weighted by molar-refractivity contribution is 7.85. The number of halogens is 1. The van der Waals surface area contributed by atoms with Crippen LogP contribution in [-0.2, 0) is 17.3 Å². The maximum absolute atomic E-state index is 12.6. The van der Waals surface area contributed by atoms with E-state index >= 15 is 0 Å². The molecule has 1 atom stereocenters. The number of aromatic nitrogens is 1. The van der Waals surface area contributed by atoms with Gasteiger partial charge in [0.1, 0.15) is 5.82 Å². The van der Waals surface area contributed by atoms with Crippen molar-refractivity contribution in [3.05, 3.63) is 59.1 Å². The van der Waals surface area contributed by atoms with Gasteiger partial charge in [-0.05, 0) is 29.8 Å². The molecule has 1 fully saturated rings. The zero-order valence-corrected chi connectivity index (χ0v) is 16.9. The van der Waals surface area contributed by atoms with Crippen LogP contribution in [-0.4, -0.2) is 40.6 Å². The molecule has 0 aliphatic carbocycles. The van der Waals surface area contributed by atoms with Gasteiger partial charge in [-0.1, -0.05) is 29.8 Å². The summed E-state index contributed by atoms with van der Waals surface area (Å²) >= 11 is 6.25. The topological polar surface area (TPSA) is 57.3 Å². The lowest BCUT2D eigenvalue weighted by atomic mass is 10.1. The third kappa shape index (κ3) is 3.36. The number of anilines is 2. The molecule has 2 aliphatic rings. The fourth-order valence-electron chi connectivity index (χ4n) is 3.72. The Bertz CT molecular complexity index is 1070. The van der Waals surface area contributed by atoms with Crippen molar-refractivity contribution in [3.8, 4) is 0 Å². The van der Waals surface area contributed by atoms with E-state index in [2.05, 4.69) is 27.7 Å². The maximum Gasteiger partial charge on any atom is 0.131 e. The van der Waals surface area contributed by atoms with E-state index in [1.807, 2.05) is 36.4 Å². The van der Waals surface area contributed by atoms with Crippen LogP contribution >= 0.6 is 11.6 Å². The molecule has 0 saturated carbocycles. The Morgan fingerprint density at radius 1 is 1.18 bits per heavy atom. The van der Waals surface area contributed by atoms with Gasteiger partial charge in [-0.15, -0.1) is 0 Å². The highest BCUT2D eigenvalue weighted by Gasteiger charge is 2.22. The number of nitrogens with one attached hydrogen (secondary N) is 2. The van der Waals surface area contributed by atoms with E-state index in [9.17, 15) is 4.21 Å². The van der Waals surface area contributed by atoms with Gasteiger partial charge in [0.05, 0.1) is 22.4 Å². The average molecular weight is 413 g/mol. The molecule has 0 amide bonds. The first-order valence-electron chi connectivity index (χ1n) is 9.46. The number of pyridine rings is 1. The summed E-state index contributed by atoms with van der Waals surface area (Å²) in [5.74, 6) is 1.51. The fraction of sp³-hybridized carbons (Fsp3) is 0.286. The molecule has 144 valence electrons.